The van der Waals surface area contributed by atoms with Gasteiger partial charge < -0.3 is 24.4 Å². The SMILES string of the molecule is CCCC[C@@]1(O)C(OC)(OC)[C@]2(C)CC[C@@H](O)[C@@]1(C)O2. The largest absolute Gasteiger partial charge is 0.390 e. The Morgan fingerprint density at radius 3 is 2.35 bits per heavy atom. The molecule has 2 aliphatic heterocycles. The molecule has 2 N–H and O–H groups in total. The van der Waals surface area contributed by atoms with Gasteiger partial charge in [-0.15, -0.1) is 0 Å². The quantitative estimate of drug-likeness (QED) is 0.752. The van der Waals surface area contributed by atoms with Crippen LogP contribution in [0.5, 0.6) is 0 Å². The van der Waals surface area contributed by atoms with Gasteiger partial charge in [-0.2, -0.15) is 0 Å². The van der Waals surface area contributed by atoms with Crippen molar-refractivity contribution in [1.82, 2.24) is 0 Å². The van der Waals surface area contributed by atoms with Crippen LogP contribution in [0.3, 0.4) is 0 Å². The van der Waals surface area contributed by atoms with Gasteiger partial charge in [0.25, 0.3) is 0 Å². The molecule has 2 fully saturated rings. The highest BCUT2D eigenvalue weighted by Gasteiger charge is 2.80. The summed E-state index contributed by atoms with van der Waals surface area (Å²) in [5.41, 5.74) is -3.24. The van der Waals surface area contributed by atoms with Gasteiger partial charge in [-0.3, -0.25) is 0 Å². The fraction of sp³-hybridized carbons (Fsp3) is 1.00. The molecule has 2 heterocycles. The lowest BCUT2D eigenvalue weighted by atomic mass is 9.72. The monoisotopic (exact) mass is 288 g/mol. The summed E-state index contributed by atoms with van der Waals surface area (Å²) in [5, 5.41) is 21.9. The third-order valence-corrected chi connectivity index (χ3v) is 5.50. The highest BCUT2D eigenvalue weighted by Crippen LogP contribution is 2.62. The number of aliphatic hydroxyl groups excluding tert-OH is 1. The van der Waals surface area contributed by atoms with Crippen molar-refractivity contribution < 1.29 is 24.4 Å². The first-order valence-corrected chi connectivity index (χ1v) is 7.48. The topological polar surface area (TPSA) is 68.2 Å². The Morgan fingerprint density at radius 1 is 1.25 bits per heavy atom. The van der Waals surface area contributed by atoms with Gasteiger partial charge in [0, 0.05) is 14.2 Å². The molecule has 0 aromatic heterocycles. The van der Waals surface area contributed by atoms with E-state index in [0.717, 1.165) is 12.8 Å². The highest BCUT2D eigenvalue weighted by atomic mass is 16.7. The van der Waals surface area contributed by atoms with E-state index in [1.54, 1.807) is 6.92 Å². The summed E-state index contributed by atoms with van der Waals surface area (Å²) in [4.78, 5) is 0. The van der Waals surface area contributed by atoms with Crippen LogP contribution in [0.15, 0.2) is 0 Å². The molecule has 118 valence electrons. The van der Waals surface area contributed by atoms with Gasteiger partial charge in [-0.25, -0.2) is 0 Å². The second kappa shape index (κ2) is 4.92. The number of rotatable bonds is 5. The normalized spacial score (nSPS) is 46.6. The van der Waals surface area contributed by atoms with Crippen LogP contribution < -0.4 is 0 Å². The average molecular weight is 288 g/mol. The summed E-state index contributed by atoms with van der Waals surface area (Å²) < 4.78 is 17.5. The number of fused-ring (bicyclic) bond motifs is 2. The highest BCUT2D eigenvalue weighted by molar-refractivity contribution is 5.25. The van der Waals surface area contributed by atoms with Crippen molar-refractivity contribution in [2.75, 3.05) is 14.2 Å². The molecule has 0 aromatic carbocycles. The van der Waals surface area contributed by atoms with Crippen LogP contribution in [0.4, 0.5) is 0 Å². The van der Waals surface area contributed by atoms with Crippen LogP contribution in [-0.2, 0) is 14.2 Å². The molecule has 0 amide bonds. The van der Waals surface area contributed by atoms with Crippen LogP contribution in [0, 0.1) is 0 Å². The lowest BCUT2D eigenvalue weighted by Gasteiger charge is -2.47. The minimum Gasteiger partial charge on any atom is -0.390 e. The molecule has 0 spiro atoms. The van der Waals surface area contributed by atoms with Gasteiger partial charge in [0.2, 0.25) is 5.79 Å². The molecule has 2 bridgehead atoms. The Balaban J connectivity index is 2.57. The van der Waals surface area contributed by atoms with Crippen LogP contribution in [0.1, 0.15) is 52.9 Å². The number of hydrogen-bond acceptors (Lipinski definition) is 5. The molecule has 2 saturated heterocycles. The summed E-state index contributed by atoms with van der Waals surface area (Å²) in [7, 11) is 3.07. The van der Waals surface area contributed by atoms with Crippen LogP contribution >= 0.6 is 0 Å². The van der Waals surface area contributed by atoms with Crippen molar-refractivity contribution in [2.45, 2.75) is 81.6 Å². The van der Waals surface area contributed by atoms with Gasteiger partial charge >= 0.3 is 0 Å². The van der Waals surface area contributed by atoms with E-state index in [0.29, 0.717) is 19.3 Å². The lowest BCUT2D eigenvalue weighted by Crippen LogP contribution is -2.67. The molecule has 2 rings (SSSR count). The molecule has 2 aliphatic rings. The predicted molar refractivity (Wildman–Crippen MR) is 74.4 cm³/mol. The molecule has 4 atom stereocenters. The van der Waals surface area contributed by atoms with Gasteiger partial charge in [-0.1, -0.05) is 19.8 Å². The molecular formula is C15H28O5. The first-order valence-electron chi connectivity index (χ1n) is 7.48. The van der Waals surface area contributed by atoms with E-state index >= 15 is 0 Å². The second-order valence-corrected chi connectivity index (χ2v) is 6.48. The minimum atomic E-state index is -1.38. The number of unbranched alkanes of at least 4 members (excludes halogenated alkanes) is 1. The van der Waals surface area contributed by atoms with E-state index in [4.69, 9.17) is 14.2 Å². The summed E-state index contributed by atoms with van der Waals surface area (Å²) in [6.45, 7) is 5.73. The second-order valence-electron chi connectivity index (χ2n) is 6.48. The van der Waals surface area contributed by atoms with Gasteiger partial charge in [0.05, 0.1) is 6.10 Å². The zero-order chi connectivity index (χ0) is 15.2. The first kappa shape index (κ1) is 16.2. The summed E-state index contributed by atoms with van der Waals surface area (Å²) in [6, 6.07) is 0. The number of hydrogen-bond donors (Lipinski definition) is 2. The number of ether oxygens (including phenoxy) is 3. The third-order valence-electron chi connectivity index (χ3n) is 5.50. The zero-order valence-corrected chi connectivity index (χ0v) is 13.2. The van der Waals surface area contributed by atoms with Crippen molar-refractivity contribution in [3.63, 3.8) is 0 Å². The third kappa shape index (κ3) is 1.61. The number of aliphatic hydroxyl groups is 2. The van der Waals surface area contributed by atoms with E-state index < -0.39 is 28.7 Å². The lowest BCUT2D eigenvalue weighted by molar-refractivity contribution is -0.322. The van der Waals surface area contributed by atoms with Crippen LogP contribution in [-0.4, -0.2) is 53.1 Å². The van der Waals surface area contributed by atoms with Crippen LogP contribution in [0.25, 0.3) is 0 Å². The van der Waals surface area contributed by atoms with Gasteiger partial charge in [0.1, 0.15) is 11.2 Å². The maximum atomic E-state index is 11.5. The molecule has 0 saturated carbocycles. The van der Waals surface area contributed by atoms with Crippen molar-refractivity contribution in [3.8, 4) is 0 Å². The summed E-state index contributed by atoms with van der Waals surface area (Å²) in [6.07, 6.45) is 2.63. The van der Waals surface area contributed by atoms with Crippen molar-refractivity contribution >= 4 is 0 Å². The fourth-order valence-electron chi connectivity index (χ4n) is 4.33. The molecule has 5 heteroatoms. The maximum absolute atomic E-state index is 11.5. The van der Waals surface area contributed by atoms with Crippen molar-refractivity contribution in [3.05, 3.63) is 0 Å². The number of methoxy groups -OCH3 is 2. The Hall–Kier alpha value is -0.200. The molecule has 0 unspecified atom stereocenters. The zero-order valence-electron chi connectivity index (χ0n) is 13.2. The summed E-state index contributed by atoms with van der Waals surface area (Å²) >= 11 is 0. The Labute approximate surface area is 121 Å². The molecular weight excluding hydrogens is 260 g/mol. The maximum Gasteiger partial charge on any atom is 0.229 e. The molecule has 0 radical (unpaired) electrons. The van der Waals surface area contributed by atoms with E-state index in [2.05, 4.69) is 6.92 Å². The first-order chi connectivity index (χ1) is 9.27. The molecule has 0 aromatic rings. The van der Waals surface area contributed by atoms with E-state index in [-0.39, 0.29) is 0 Å². The Bertz CT molecular complexity index is 369. The van der Waals surface area contributed by atoms with E-state index in [1.807, 2.05) is 6.92 Å². The van der Waals surface area contributed by atoms with E-state index in [9.17, 15) is 10.2 Å². The standard InChI is InChI=1S/C15H28O5/c1-6-7-9-14(17)13(3)11(16)8-10-12(2,20-13)15(14,18-4)19-5/h11,16-17H,6-10H2,1-5H3/t11-,12+,13-,14+/m1/s1. The Morgan fingerprint density at radius 2 is 1.85 bits per heavy atom. The smallest absolute Gasteiger partial charge is 0.229 e. The van der Waals surface area contributed by atoms with Gasteiger partial charge in [0.15, 0.2) is 5.60 Å². The fourth-order valence-corrected chi connectivity index (χ4v) is 4.33. The van der Waals surface area contributed by atoms with Gasteiger partial charge in [-0.05, 0) is 33.1 Å². The van der Waals surface area contributed by atoms with Crippen molar-refractivity contribution in [1.29, 1.82) is 0 Å². The predicted octanol–water partition coefficient (Wildman–Crippen LogP) is 1.60. The molecule has 0 aliphatic carbocycles. The van der Waals surface area contributed by atoms with Crippen LogP contribution in [0.2, 0.25) is 0 Å². The molecule has 20 heavy (non-hydrogen) atoms. The van der Waals surface area contributed by atoms with E-state index in [1.165, 1.54) is 14.2 Å². The summed E-state index contributed by atoms with van der Waals surface area (Å²) in [5.74, 6) is -1.26. The molecule has 5 nitrogen and oxygen atoms in total. The average Bonchev–Trinajstić information content (AvgIpc) is 2.54. The minimum absolute atomic E-state index is 0.467. The van der Waals surface area contributed by atoms with Crippen molar-refractivity contribution in [2.24, 2.45) is 0 Å². The Kier molecular flexibility index (Phi) is 3.98.